The maximum absolute atomic E-state index is 5.68. The van der Waals surface area contributed by atoms with Crippen LogP contribution in [0, 0.1) is 0 Å². The zero-order valence-electron chi connectivity index (χ0n) is 9.57. The number of imidazole rings is 1. The Hall–Kier alpha value is -1.58. The van der Waals surface area contributed by atoms with E-state index in [1.54, 1.807) is 6.20 Å². The predicted molar refractivity (Wildman–Crippen MR) is 61.6 cm³/mol. The average molecular weight is 204 g/mol. The Kier molecular flexibility index (Phi) is 1.96. The van der Waals surface area contributed by atoms with Gasteiger partial charge in [0.1, 0.15) is 11.3 Å². The van der Waals surface area contributed by atoms with Crippen molar-refractivity contribution in [3.05, 3.63) is 18.1 Å². The molecule has 0 radical (unpaired) electrons. The molecule has 0 aromatic carbocycles. The molecule has 4 nitrogen and oxygen atoms in total. The maximum Gasteiger partial charge on any atom is 0.159 e. The summed E-state index contributed by atoms with van der Waals surface area (Å²) in [6.07, 6.45) is 1.66. The Balaban J connectivity index is 2.75. The van der Waals surface area contributed by atoms with Gasteiger partial charge in [-0.3, -0.25) is 0 Å². The van der Waals surface area contributed by atoms with Gasteiger partial charge in [-0.05, 0) is 6.07 Å². The Morgan fingerprint density at radius 3 is 2.60 bits per heavy atom. The minimum absolute atomic E-state index is 0.0181. The number of nitrogen functional groups attached to an aromatic ring is 1. The molecule has 0 saturated carbocycles. The van der Waals surface area contributed by atoms with Crippen molar-refractivity contribution in [2.24, 2.45) is 7.05 Å². The molecule has 0 atom stereocenters. The Labute approximate surface area is 89.1 Å². The Morgan fingerprint density at radius 2 is 2.00 bits per heavy atom. The number of rotatable bonds is 0. The summed E-state index contributed by atoms with van der Waals surface area (Å²) in [5.74, 6) is 1.02. The number of pyridine rings is 1. The molecule has 0 aliphatic carbocycles. The van der Waals surface area contributed by atoms with Crippen molar-refractivity contribution >= 4 is 16.9 Å². The van der Waals surface area contributed by atoms with Crippen LogP contribution in [0.1, 0.15) is 26.6 Å². The molecule has 0 saturated heterocycles. The smallest absolute Gasteiger partial charge is 0.159 e. The number of fused-ring (bicyclic) bond motifs is 1. The summed E-state index contributed by atoms with van der Waals surface area (Å²) in [5, 5.41) is 0. The van der Waals surface area contributed by atoms with Crippen LogP contribution in [0.2, 0.25) is 0 Å². The first-order valence-electron chi connectivity index (χ1n) is 4.98. The highest BCUT2D eigenvalue weighted by Crippen LogP contribution is 2.24. The van der Waals surface area contributed by atoms with E-state index in [9.17, 15) is 0 Å². The lowest BCUT2D eigenvalue weighted by molar-refractivity contribution is 0.526. The van der Waals surface area contributed by atoms with Gasteiger partial charge in [0.05, 0.1) is 11.9 Å². The molecular formula is C11H16N4. The van der Waals surface area contributed by atoms with Crippen molar-refractivity contribution in [1.29, 1.82) is 0 Å². The molecule has 0 amide bonds. The van der Waals surface area contributed by atoms with Crippen molar-refractivity contribution < 1.29 is 0 Å². The number of hydrogen-bond acceptors (Lipinski definition) is 3. The first-order valence-corrected chi connectivity index (χ1v) is 4.98. The molecule has 0 spiro atoms. The highest BCUT2D eigenvalue weighted by Gasteiger charge is 2.21. The highest BCUT2D eigenvalue weighted by atomic mass is 15.1. The summed E-state index contributed by atoms with van der Waals surface area (Å²) in [6.45, 7) is 6.41. The van der Waals surface area contributed by atoms with Crippen LogP contribution in [0.25, 0.3) is 11.2 Å². The van der Waals surface area contributed by atoms with E-state index >= 15 is 0 Å². The van der Waals surface area contributed by atoms with Crippen LogP contribution in [0.4, 0.5) is 5.69 Å². The normalized spacial score (nSPS) is 12.3. The summed E-state index contributed by atoms with van der Waals surface area (Å²) < 4.78 is 2.02. The molecule has 0 aliphatic heterocycles. The minimum Gasteiger partial charge on any atom is -0.397 e. The molecule has 2 aromatic rings. The van der Waals surface area contributed by atoms with E-state index in [4.69, 9.17) is 5.73 Å². The van der Waals surface area contributed by atoms with E-state index in [2.05, 4.69) is 30.7 Å². The quantitative estimate of drug-likeness (QED) is 0.712. The molecule has 80 valence electrons. The third-order valence-corrected chi connectivity index (χ3v) is 2.40. The second-order valence-electron chi connectivity index (χ2n) is 4.86. The predicted octanol–water partition coefficient (Wildman–Crippen LogP) is 1.85. The van der Waals surface area contributed by atoms with E-state index in [0.717, 1.165) is 17.0 Å². The third-order valence-electron chi connectivity index (χ3n) is 2.40. The summed E-state index contributed by atoms with van der Waals surface area (Å²) in [4.78, 5) is 8.85. The van der Waals surface area contributed by atoms with Gasteiger partial charge in [-0.15, -0.1) is 0 Å². The van der Waals surface area contributed by atoms with Crippen LogP contribution in [-0.2, 0) is 12.5 Å². The van der Waals surface area contributed by atoms with Gasteiger partial charge in [-0.1, -0.05) is 20.8 Å². The van der Waals surface area contributed by atoms with E-state index in [1.807, 2.05) is 17.7 Å². The standard InChI is InChI=1S/C11H16N4/c1-11(2,3)10-14-8-5-7(12)6-13-9(8)15(10)4/h5-6H,12H2,1-4H3. The van der Waals surface area contributed by atoms with Crippen molar-refractivity contribution in [3.63, 3.8) is 0 Å². The van der Waals surface area contributed by atoms with Crippen LogP contribution in [0.15, 0.2) is 12.3 Å². The molecule has 0 aliphatic rings. The minimum atomic E-state index is 0.0181. The number of nitrogens with zero attached hydrogens (tertiary/aromatic N) is 3. The van der Waals surface area contributed by atoms with Crippen molar-refractivity contribution in [2.75, 3.05) is 5.73 Å². The van der Waals surface area contributed by atoms with Crippen LogP contribution in [0.5, 0.6) is 0 Å². The second kappa shape index (κ2) is 2.95. The fraction of sp³-hybridized carbons (Fsp3) is 0.455. The summed E-state index contributed by atoms with van der Waals surface area (Å²) >= 11 is 0. The lowest BCUT2D eigenvalue weighted by Gasteiger charge is -2.17. The monoisotopic (exact) mass is 204 g/mol. The Bertz CT molecular complexity index is 505. The molecule has 4 heteroatoms. The molecule has 2 heterocycles. The SMILES string of the molecule is Cn1c(C(C)(C)C)nc2cc(N)cnc21. The molecule has 2 N–H and O–H groups in total. The van der Waals surface area contributed by atoms with Crippen LogP contribution >= 0.6 is 0 Å². The first-order chi connectivity index (χ1) is 6.89. The van der Waals surface area contributed by atoms with Crippen LogP contribution in [-0.4, -0.2) is 14.5 Å². The molecule has 2 aromatic heterocycles. The van der Waals surface area contributed by atoms with Gasteiger partial charge < -0.3 is 10.3 Å². The largest absolute Gasteiger partial charge is 0.397 e. The van der Waals surface area contributed by atoms with Crippen molar-refractivity contribution in [3.8, 4) is 0 Å². The lowest BCUT2D eigenvalue weighted by Crippen LogP contribution is -2.17. The molecule has 15 heavy (non-hydrogen) atoms. The summed E-state index contributed by atoms with van der Waals surface area (Å²) in [7, 11) is 1.99. The molecule has 0 fully saturated rings. The molecule has 0 bridgehead atoms. The van der Waals surface area contributed by atoms with Gasteiger partial charge >= 0.3 is 0 Å². The number of aryl methyl sites for hydroxylation is 1. The number of nitrogens with two attached hydrogens (primary N) is 1. The fourth-order valence-corrected chi connectivity index (χ4v) is 1.76. The Morgan fingerprint density at radius 1 is 1.33 bits per heavy atom. The van der Waals surface area contributed by atoms with Crippen LogP contribution < -0.4 is 5.73 Å². The zero-order chi connectivity index (χ0) is 11.2. The summed E-state index contributed by atoms with van der Waals surface area (Å²) in [5.41, 5.74) is 8.10. The van der Waals surface area contributed by atoms with Crippen molar-refractivity contribution in [1.82, 2.24) is 14.5 Å². The van der Waals surface area contributed by atoms with Gasteiger partial charge in [0, 0.05) is 12.5 Å². The average Bonchev–Trinajstić information content (AvgIpc) is 2.42. The number of anilines is 1. The van der Waals surface area contributed by atoms with Gasteiger partial charge in [-0.25, -0.2) is 9.97 Å². The first kappa shape index (κ1) is 9.96. The topological polar surface area (TPSA) is 56.7 Å². The van der Waals surface area contributed by atoms with Gasteiger partial charge in [-0.2, -0.15) is 0 Å². The van der Waals surface area contributed by atoms with Gasteiger partial charge in [0.2, 0.25) is 0 Å². The number of aromatic nitrogens is 3. The van der Waals surface area contributed by atoms with Crippen molar-refractivity contribution in [2.45, 2.75) is 26.2 Å². The molecule has 0 unspecified atom stereocenters. The summed E-state index contributed by atoms with van der Waals surface area (Å²) in [6, 6.07) is 1.86. The maximum atomic E-state index is 5.68. The van der Waals surface area contributed by atoms with E-state index < -0.39 is 0 Å². The fourth-order valence-electron chi connectivity index (χ4n) is 1.76. The third kappa shape index (κ3) is 1.56. The van der Waals surface area contributed by atoms with E-state index in [0.29, 0.717) is 5.69 Å². The molecular weight excluding hydrogens is 188 g/mol. The molecule has 2 rings (SSSR count). The van der Waals surface area contributed by atoms with Gasteiger partial charge in [0.15, 0.2) is 5.65 Å². The number of hydrogen-bond donors (Lipinski definition) is 1. The highest BCUT2D eigenvalue weighted by molar-refractivity contribution is 5.75. The second-order valence-corrected chi connectivity index (χ2v) is 4.86. The lowest BCUT2D eigenvalue weighted by atomic mass is 9.96. The van der Waals surface area contributed by atoms with Crippen LogP contribution in [0.3, 0.4) is 0 Å². The van der Waals surface area contributed by atoms with E-state index in [1.165, 1.54) is 0 Å². The zero-order valence-corrected chi connectivity index (χ0v) is 9.57. The van der Waals surface area contributed by atoms with Gasteiger partial charge in [0.25, 0.3) is 0 Å². The van der Waals surface area contributed by atoms with E-state index in [-0.39, 0.29) is 5.41 Å².